The Labute approximate surface area is 147 Å². The van der Waals surface area contributed by atoms with Crippen LogP contribution in [-0.4, -0.2) is 27.9 Å². The highest BCUT2D eigenvalue weighted by Gasteiger charge is 2.19. The summed E-state index contributed by atoms with van der Waals surface area (Å²) >= 11 is 1.47. The van der Waals surface area contributed by atoms with Crippen LogP contribution >= 0.6 is 11.3 Å². The molecule has 0 radical (unpaired) electrons. The van der Waals surface area contributed by atoms with E-state index in [4.69, 9.17) is 4.74 Å². The topological polar surface area (TPSA) is 88.1 Å². The molecular weight excluding hydrogens is 342 g/mol. The fourth-order valence-electron chi connectivity index (χ4n) is 2.51. The SMILES string of the molecule is Cc1cc(C(=O)COC(=O)c2cc[n+]([O-])cc2)c(C)n1-c1nccs1. The summed E-state index contributed by atoms with van der Waals surface area (Å²) in [6, 6.07) is 4.44. The van der Waals surface area contributed by atoms with Crippen LogP contribution in [0, 0.1) is 19.1 Å². The van der Waals surface area contributed by atoms with E-state index in [1.54, 1.807) is 12.3 Å². The monoisotopic (exact) mass is 357 g/mol. The van der Waals surface area contributed by atoms with Gasteiger partial charge in [0.05, 0.1) is 5.56 Å². The molecule has 0 fully saturated rings. The van der Waals surface area contributed by atoms with Crippen LogP contribution in [-0.2, 0) is 4.74 Å². The minimum absolute atomic E-state index is 0.216. The van der Waals surface area contributed by atoms with Gasteiger partial charge in [0.25, 0.3) is 0 Å². The molecule has 0 aliphatic heterocycles. The van der Waals surface area contributed by atoms with Crippen molar-refractivity contribution in [3.8, 4) is 5.13 Å². The van der Waals surface area contributed by atoms with Crippen LogP contribution in [0.25, 0.3) is 5.13 Å². The van der Waals surface area contributed by atoms with E-state index in [9.17, 15) is 14.8 Å². The Morgan fingerprint density at radius 1 is 1.32 bits per heavy atom. The molecule has 3 aromatic heterocycles. The number of thiazole rings is 1. The fourth-order valence-corrected chi connectivity index (χ4v) is 3.26. The summed E-state index contributed by atoms with van der Waals surface area (Å²) in [5.74, 6) is -0.943. The standard InChI is InChI=1S/C17H15N3O4S/c1-11-9-14(12(2)20(11)17-18-5-8-25-17)15(21)10-24-16(22)13-3-6-19(23)7-4-13/h3-9H,10H2,1-2H3. The molecule has 0 N–H and O–H groups in total. The molecule has 0 unspecified atom stereocenters. The summed E-state index contributed by atoms with van der Waals surface area (Å²) in [6.45, 7) is 3.35. The van der Waals surface area contributed by atoms with Gasteiger partial charge < -0.3 is 9.94 Å². The minimum Gasteiger partial charge on any atom is -0.619 e. The first kappa shape index (κ1) is 16.8. The first-order valence-corrected chi connectivity index (χ1v) is 8.33. The van der Waals surface area contributed by atoms with E-state index >= 15 is 0 Å². The lowest BCUT2D eigenvalue weighted by Crippen LogP contribution is -2.24. The number of ketones is 1. The van der Waals surface area contributed by atoms with E-state index in [-0.39, 0.29) is 18.0 Å². The maximum Gasteiger partial charge on any atom is 0.339 e. The summed E-state index contributed by atoms with van der Waals surface area (Å²) < 4.78 is 7.51. The van der Waals surface area contributed by atoms with Gasteiger partial charge in [-0.3, -0.25) is 9.36 Å². The number of aromatic nitrogens is 3. The minimum atomic E-state index is -0.650. The normalized spacial score (nSPS) is 10.6. The van der Waals surface area contributed by atoms with Crippen molar-refractivity contribution < 1.29 is 19.1 Å². The maximum absolute atomic E-state index is 12.4. The summed E-state index contributed by atoms with van der Waals surface area (Å²) in [6.07, 6.45) is 4.09. The predicted octanol–water partition coefficient (Wildman–Crippen LogP) is 2.22. The van der Waals surface area contributed by atoms with Crippen molar-refractivity contribution in [2.24, 2.45) is 0 Å². The van der Waals surface area contributed by atoms with Crippen molar-refractivity contribution >= 4 is 23.1 Å². The molecule has 0 aromatic carbocycles. The van der Waals surface area contributed by atoms with Crippen LogP contribution in [0.1, 0.15) is 32.1 Å². The van der Waals surface area contributed by atoms with Crippen molar-refractivity contribution in [3.63, 3.8) is 0 Å². The average Bonchev–Trinajstić information content (AvgIpc) is 3.21. The van der Waals surface area contributed by atoms with Crippen LogP contribution in [0.2, 0.25) is 0 Å². The van der Waals surface area contributed by atoms with Crippen LogP contribution in [0.3, 0.4) is 0 Å². The molecule has 0 saturated heterocycles. The highest BCUT2D eigenvalue weighted by atomic mass is 32.1. The number of hydrogen-bond donors (Lipinski definition) is 0. The van der Waals surface area contributed by atoms with Gasteiger partial charge in [-0.05, 0) is 19.9 Å². The van der Waals surface area contributed by atoms with Gasteiger partial charge in [-0.15, -0.1) is 11.3 Å². The Hall–Kier alpha value is -3.00. The number of pyridine rings is 1. The van der Waals surface area contributed by atoms with Crippen LogP contribution in [0.5, 0.6) is 0 Å². The number of Topliss-reactive ketones (excluding diaryl/α,β-unsaturated/α-hetero) is 1. The van der Waals surface area contributed by atoms with Crippen LogP contribution < -0.4 is 4.73 Å². The number of rotatable bonds is 5. The van der Waals surface area contributed by atoms with Gasteiger partial charge in [0.2, 0.25) is 5.78 Å². The number of carbonyl (C=O) groups is 2. The molecule has 25 heavy (non-hydrogen) atoms. The first-order valence-electron chi connectivity index (χ1n) is 7.45. The molecule has 0 saturated carbocycles. The summed E-state index contributed by atoms with van der Waals surface area (Å²) in [7, 11) is 0. The molecular formula is C17H15N3O4S. The number of aryl methyl sites for hydroxylation is 1. The molecule has 0 aliphatic carbocycles. The Morgan fingerprint density at radius 2 is 2.04 bits per heavy atom. The maximum atomic E-state index is 12.4. The van der Waals surface area contributed by atoms with Crippen molar-refractivity contribution in [1.82, 2.24) is 9.55 Å². The van der Waals surface area contributed by atoms with E-state index in [0.29, 0.717) is 10.3 Å². The Kier molecular flexibility index (Phi) is 4.62. The van der Waals surface area contributed by atoms with Crippen molar-refractivity contribution in [2.45, 2.75) is 13.8 Å². The lowest BCUT2D eigenvalue weighted by Gasteiger charge is -2.06. The van der Waals surface area contributed by atoms with E-state index in [2.05, 4.69) is 4.98 Å². The number of nitrogens with zero attached hydrogens (tertiary/aromatic N) is 3. The third-order valence-electron chi connectivity index (χ3n) is 3.71. The van der Waals surface area contributed by atoms with Gasteiger partial charge in [0.15, 0.2) is 24.1 Å². The van der Waals surface area contributed by atoms with E-state index in [1.165, 1.54) is 35.9 Å². The smallest absolute Gasteiger partial charge is 0.339 e. The molecule has 0 atom stereocenters. The lowest BCUT2D eigenvalue weighted by molar-refractivity contribution is -0.605. The molecule has 0 amide bonds. The Balaban J connectivity index is 1.73. The van der Waals surface area contributed by atoms with Gasteiger partial charge in [-0.2, -0.15) is 4.73 Å². The summed E-state index contributed by atoms with van der Waals surface area (Å²) in [4.78, 5) is 28.6. The largest absolute Gasteiger partial charge is 0.619 e. The molecule has 3 heterocycles. The summed E-state index contributed by atoms with van der Waals surface area (Å²) in [5, 5.41) is 13.6. The lowest BCUT2D eigenvalue weighted by atomic mass is 10.1. The van der Waals surface area contributed by atoms with Crippen molar-refractivity contribution in [1.29, 1.82) is 0 Å². The molecule has 3 rings (SSSR count). The van der Waals surface area contributed by atoms with Crippen LogP contribution in [0.15, 0.2) is 42.2 Å². The van der Waals surface area contributed by atoms with Crippen molar-refractivity contribution in [2.75, 3.05) is 6.61 Å². The molecule has 128 valence electrons. The highest BCUT2D eigenvalue weighted by molar-refractivity contribution is 7.12. The zero-order valence-corrected chi connectivity index (χ0v) is 14.4. The number of hydrogen-bond acceptors (Lipinski definition) is 6. The second kappa shape index (κ2) is 6.86. The van der Waals surface area contributed by atoms with Crippen LogP contribution in [0.4, 0.5) is 0 Å². The van der Waals surface area contributed by atoms with Crippen molar-refractivity contribution in [3.05, 3.63) is 69.9 Å². The molecule has 0 aliphatic rings. The third-order valence-corrected chi connectivity index (χ3v) is 4.47. The molecule has 8 heteroatoms. The number of carbonyl (C=O) groups excluding carboxylic acids is 2. The van der Waals surface area contributed by atoms with Gasteiger partial charge in [-0.25, -0.2) is 9.78 Å². The fraction of sp³-hybridized carbons (Fsp3) is 0.176. The molecule has 3 aromatic rings. The van der Waals surface area contributed by atoms with E-state index in [0.717, 1.165) is 16.5 Å². The van der Waals surface area contributed by atoms with Gasteiger partial charge in [-0.1, -0.05) is 0 Å². The van der Waals surface area contributed by atoms with Gasteiger partial charge >= 0.3 is 5.97 Å². The Morgan fingerprint density at radius 3 is 2.68 bits per heavy atom. The van der Waals surface area contributed by atoms with E-state index in [1.807, 2.05) is 23.8 Å². The van der Waals surface area contributed by atoms with E-state index < -0.39 is 5.97 Å². The quantitative estimate of drug-likeness (QED) is 0.302. The Bertz CT molecular complexity index is 914. The molecule has 7 nitrogen and oxygen atoms in total. The average molecular weight is 357 g/mol. The highest BCUT2D eigenvalue weighted by Crippen LogP contribution is 2.22. The molecule has 0 spiro atoms. The molecule has 0 bridgehead atoms. The predicted molar refractivity (Wildman–Crippen MR) is 90.9 cm³/mol. The number of esters is 1. The zero-order chi connectivity index (χ0) is 18.0. The third kappa shape index (κ3) is 3.43. The second-order valence-corrected chi connectivity index (χ2v) is 6.25. The van der Waals surface area contributed by atoms with Gasteiger partial charge in [0, 0.05) is 40.7 Å². The summed E-state index contributed by atoms with van der Waals surface area (Å²) in [5.41, 5.74) is 2.34. The number of ether oxygens (including phenoxy) is 1. The first-order chi connectivity index (χ1) is 12.0. The second-order valence-electron chi connectivity index (χ2n) is 5.38. The van der Waals surface area contributed by atoms with Gasteiger partial charge in [0.1, 0.15) is 0 Å². The zero-order valence-electron chi connectivity index (χ0n) is 13.6.